The molecule has 0 saturated heterocycles. The molecule has 3 nitrogen and oxygen atoms in total. The molecule has 0 amide bonds. The van der Waals surface area contributed by atoms with Crippen molar-refractivity contribution in [1.82, 2.24) is 9.78 Å². The third-order valence-corrected chi connectivity index (χ3v) is 3.32. The lowest BCUT2D eigenvalue weighted by Gasteiger charge is -2.16. The minimum atomic E-state index is -4.34. The highest BCUT2D eigenvalue weighted by Gasteiger charge is 2.31. The van der Waals surface area contributed by atoms with Gasteiger partial charge in [0.15, 0.2) is 0 Å². The van der Waals surface area contributed by atoms with E-state index in [0.717, 1.165) is 23.4 Å². The largest absolute Gasteiger partial charge is 0.416 e. The second-order valence-electron chi connectivity index (χ2n) is 4.89. The first-order chi connectivity index (χ1) is 9.20. The van der Waals surface area contributed by atoms with E-state index >= 15 is 0 Å². The molecule has 2 rings (SSSR count). The molecule has 1 heterocycles. The average Bonchev–Trinajstić information content (AvgIpc) is 2.66. The van der Waals surface area contributed by atoms with Crippen molar-refractivity contribution in [3.8, 4) is 0 Å². The van der Waals surface area contributed by atoms with Crippen LogP contribution in [0.1, 0.15) is 34.0 Å². The third-order valence-electron chi connectivity index (χ3n) is 3.32. The van der Waals surface area contributed by atoms with Crippen molar-refractivity contribution in [2.75, 3.05) is 0 Å². The smallest absolute Gasteiger partial charge is 0.320 e. The number of alkyl halides is 3. The summed E-state index contributed by atoms with van der Waals surface area (Å²) in [5.41, 5.74) is 8.29. The van der Waals surface area contributed by atoms with Gasteiger partial charge in [0, 0.05) is 18.8 Å². The predicted octanol–water partition coefficient (Wildman–Crippen LogP) is 3.10. The average molecular weight is 283 g/mol. The van der Waals surface area contributed by atoms with Crippen molar-refractivity contribution in [2.45, 2.75) is 26.1 Å². The number of hydrogen-bond donors (Lipinski definition) is 1. The van der Waals surface area contributed by atoms with Crippen molar-refractivity contribution in [3.63, 3.8) is 0 Å². The van der Waals surface area contributed by atoms with Crippen LogP contribution in [-0.2, 0) is 13.2 Å². The van der Waals surface area contributed by atoms with Gasteiger partial charge in [0.25, 0.3) is 0 Å². The summed E-state index contributed by atoms with van der Waals surface area (Å²) in [5.74, 6) is 0. The van der Waals surface area contributed by atoms with Gasteiger partial charge in [-0.1, -0.05) is 6.07 Å². The highest BCUT2D eigenvalue weighted by molar-refractivity contribution is 5.40. The highest BCUT2D eigenvalue weighted by atomic mass is 19.4. The van der Waals surface area contributed by atoms with Gasteiger partial charge in [-0.15, -0.1) is 0 Å². The molecule has 0 aliphatic carbocycles. The first-order valence-corrected chi connectivity index (χ1v) is 6.13. The van der Waals surface area contributed by atoms with Gasteiger partial charge in [0.05, 0.1) is 17.3 Å². The fourth-order valence-corrected chi connectivity index (χ4v) is 2.29. The summed E-state index contributed by atoms with van der Waals surface area (Å²) in [4.78, 5) is 0. The van der Waals surface area contributed by atoms with Gasteiger partial charge >= 0.3 is 6.18 Å². The van der Waals surface area contributed by atoms with Gasteiger partial charge in [-0.2, -0.15) is 18.3 Å². The molecule has 0 bridgehead atoms. The molecule has 108 valence electrons. The molecule has 20 heavy (non-hydrogen) atoms. The summed E-state index contributed by atoms with van der Waals surface area (Å²) >= 11 is 0. The van der Waals surface area contributed by atoms with Crippen molar-refractivity contribution < 1.29 is 13.2 Å². The van der Waals surface area contributed by atoms with Crippen LogP contribution < -0.4 is 5.73 Å². The number of nitrogens with two attached hydrogens (primary N) is 1. The zero-order valence-electron chi connectivity index (χ0n) is 11.5. The first-order valence-electron chi connectivity index (χ1n) is 6.13. The van der Waals surface area contributed by atoms with Crippen LogP contribution in [-0.4, -0.2) is 9.78 Å². The molecule has 1 aromatic carbocycles. The van der Waals surface area contributed by atoms with Crippen LogP contribution >= 0.6 is 0 Å². The van der Waals surface area contributed by atoms with E-state index in [1.165, 1.54) is 6.07 Å². The maximum Gasteiger partial charge on any atom is 0.416 e. The number of hydrogen-bond acceptors (Lipinski definition) is 2. The van der Waals surface area contributed by atoms with E-state index in [2.05, 4.69) is 5.10 Å². The lowest BCUT2D eigenvalue weighted by atomic mass is 9.94. The standard InChI is InChI=1S/C14H16F3N3/c1-8-6-10(14(15,16)17)4-5-11(8)13(18)12-7-20(3)19-9(12)2/h4-7,13H,18H2,1-3H3. The summed E-state index contributed by atoms with van der Waals surface area (Å²) in [5, 5.41) is 4.20. The molecule has 0 radical (unpaired) electrons. The van der Waals surface area contributed by atoms with Gasteiger partial charge in [-0.05, 0) is 37.1 Å². The summed E-state index contributed by atoms with van der Waals surface area (Å²) < 4.78 is 39.6. The number of aryl methyl sites for hydroxylation is 3. The van der Waals surface area contributed by atoms with Crippen LogP contribution in [0.15, 0.2) is 24.4 Å². The third kappa shape index (κ3) is 2.70. The first kappa shape index (κ1) is 14.6. The van der Waals surface area contributed by atoms with Gasteiger partial charge in [-0.3, -0.25) is 4.68 Å². The molecular weight excluding hydrogens is 267 g/mol. The Balaban J connectivity index is 2.41. The summed E-state index contributed by atoms with van der Waals surface area (Å²) in [6, 6.07) is 3.15. The minimum Gasteiger partial charge on any atom is -0.320 e. The Hall–Kier alpha value is -1.82. The number of halogens is 3. The molecule has 2 aromatic rings. The van der Waals surface area contributed by atoms with E-state index in [-0.39, 0.29) is 0 Å². The maximum atomic E-state index is 12.6. The van der Waals surface area contributed by atoms with Gasteiger partial charge in [-0.25, -0.2) is 0 Å². The van der Waals surface area contributed by atoms with Crippen molar-refractivity contribution >= 4 is 0 Å². The Morgan fingerprint density at radius 1 is 1.20 bits per heavy atom. The Morgan fingerprint density at radius 2 is 1.85 bits per heavy atom. The molecule has 6 heteroatoms. The lowest BCUT2D eigenvalue weighted by Crippen LogP contribution is -2.15. The van der Waals surface area contributed by atoms with E-state index in [4.69, 9.17) is 5.73 Å². The quantitative estimate of drug-likeness (QED) is 0.920. The van der Waals surface area contributed by atoms with E-state index in [1.807, 2.05) is 6.92 Å². The molecule has 2 N–H and O–H groups in total. The van der Waals surface area contributed by atoms with E-state index < -0.39 is 17.8 Å². The molecule has 0 fully saturated rings. The fraction of sp³-hybridized carbons (Fsp3) is 0.357. The van der Waals surface area contributed by atoms with E-state index in [9.17, 15) is 13.2 Å². The Labute approximate surface area is 115 Å². The van der Waals surface area contributed by atoms with Gasteiger partial charge < -0.3 is 5.73 Å². The zero-order chi connectivity index (χ0) is 15.1. The predicted molar refractivity (Wildman–Crippen MR) is 70.2 cm³/mol. The summed E-state index contributed by atoms with van der Waals surface area (Å²) in [6.45, 7) is 3.46. The number of rotatable bonds is 2. The van der Waals surface area contributed by atoms with Crippen LogP contribution in [0, 0.1) is 13.8 Å². The molecule has 0 saturated carbocycles. The zero-order valence-corrected chi connectivity index (χ0v) is 11.5. The SMILES string of the molecule is Cc1cc(C(F)(F)F)ccc1C(N)c1cn(C)nc1C. The monoisotopic (exact) mass is 283 g/mol. The van der Waals surface area contributed by atoms with Crippen LogP contribution in [0.5, 0.6) is 0 Å². The molecular formula is C14H16F3N3. The Morgan fingerprint density at radius 3 is 2.30 bits per heavy atom. The normalized spacial score (nSPS) is 13.6. The fourth-order valence-electron chi connectivity index (χ4n) is 2.29. The van der Waals surface area contributed by atoms with Gasteiger partial charge in [0.2, 0.25) is 0 Å². The second-order valence-corrected chi connectivity index (χ2v) is 4.89. The van der Waals surface area contributed by atoms with Gasteiger partial charge in [0.1, 0.15) is 0 Å². The van der Waals surface area contributed by atoms with E-state index in [1.54, 1.807) is 24.9 Å². The topological polar surface area (TPSA) is 43.8 Å². The van der Waals surface area contributed by atoms with Crippen LogP contribution in [0.4, 0.5) is 13.2 Å². The molecule has 1 unspecified atom stereocenters. The minimum absolute atomic E-state index is 0.481. The highest BCUT2D eigenvalue weighted by Crippen LogP contribution is 2.32. The number of benzene rings is 1. The van der Waals surface area contributed by atoms with Crippen molar-refractivity contribution in [3.05, 3.63) is 52.3 Å². The molecule has 0 aliphatic rings. The second kappa shape index (κ2) is 4.94. The maximum absolute atomic E-state index is 12.6. The Kier molecular flexibility index (Phi) is 3.60. The van der Waals surface area contributed by atoms with Crippen LogP contribution in [0.2, 0.25) is 0 Å². The van der Waals surface area contributed by atoms with E-state index in [0.29, 0.717) is 11.1 Å². The Bertz CT molecular complexity index is 629. The van der Waals surface area contributed by atoms with Crippen molar-refractivity contribution in [2.24, 2.45) is 12.8 Å². The molecule has 0 aliphatic heterocycles. The summed E-state index contributed by atoms with van der Waals surface area (Å²) in [7, 11) is 1.78. The number of nitrogens with zero attached hydrogens (tertiary/aromatic N) is 2. The van der Waals surface area contributed by atoms with Crippen molar-refractivity contribution in [1.29, 1.82) is 0 Å². The molecule has 1 aromatic heterocycles. The lowest BCUT2D eigenvalue weighted by molar-refractivity contribution is -0.137. The molecule has 1 atom stereocenters. The number of aromatic nitrogens is 2. The van der Waals surface area contributed by atoms with Crippen LogP contribution in [0.3, 0.4) is 0 Å². The molecule has 0 spiro atoms. The van der Waals surface area contributed by atoms with Crippen LogP contribution in [0.25, 0.3) is 0 Å². The summed E-state index contributed by atoms with van der Waals surface area (Å²) in [6.07, 6.45) is -2.55.